The van der Waals surface area contributed by atoms with Crippen LogP contribution in [0.2, 0.25) is 10.0 Å². The van der Waals surface area contributed by atoms with Crippen LogP contribution in [0.3, 0.4) is 0 Å². The number of thioether (sulfide) groups is 1. The van der Waals surface area contributed by atoms with E-state index in [0.717, 1.165) is 15.7 Å². The van der Waals surface area contributed by atoms with Crippen molar-refractivity contribution in [2.24, 2.45) is 0 Å². The second kappa shape index (κ2) is 7.63. The first-order valence-electron chi connectivity index (χ1n) is 7.48. The van der Waals surface area contributed by atoms with Crippen LogP contribution in [0.5, 0.6) is 5.75 Å². The maximum absolute atomic E-state index is 13.1. The van der Waals surface area contributed by atoms with Crippen LogP contribution in [-0.2, 0) is 14.8 Å². The largest absolute Gasteiger partial charge is 0.497 e. The molecule has 0 saturated carbocycles. The van der Waals surface area contributed by atoms with Crippen LogP contribution in [0.1, 0.15) is 0 Å². The monoisotopic (exact) mass is 445 g/mol. The Morgan fingerprint density at radius 2 is 1.93 bits per heavy atom. The molecule has 2 aromatic carbocycles. The molecule has 0 fully saturated rings. The molecule has 3 rings (SSSR count). The third kappa shape index (κ3) is 3.89. The fourth-order valence-corrected chi connectivity index (χ4v) is 5.09. The van der Waals surface area contributed by atoms with Gasteiger partial charge in [-0.25, -0.2) is 12.4 Å². The predicted molar refractivity (Wildman–Crippen MR) is 106 cm³/mol. The Labute approximate surface area is 169 Å². The number of rotatable bonds is 6. The van der Waals surface area contributed by atoms with E-state index < -0.39 is 16.0 Å². The van der Waals surface area contributed by atoms with Crippen molar-refractivity contribution in [1.82, 2.24) is 3.97 Å². The summed E-state index contributed by atoms with van der Waals surface area (Å²) in [5.74, 6) is -0.677. The van der Waals surface area contributed by atoms with Gasteiger partial charge in [0.05, 0.1) is 33.3 Å². The second-order valence-electron chi connectivity index (χ2n) is 5.44. The number of hydrogen-bond donors (Lipinski definition) is 1. The molecule has 27 heavy (non-hydrogen) atoms. The van der Waals surface area contributed by atoms with E-state index in [4.69, 9.17) is 33.0 Å². The van der Waals surface area contributed by atoms with Gasteiger partial charge in [0.15, 0.2) is 0 Å². The number of carbonyl (C=O) groups is 1. The highest BCUT2D eigenvalue weighted by molar-refractivity contribution is 8.00. The van der Waals surface area contributed by atoms with Gasteiger partial charge < -0.3 is 9.84 Å². The van der Waals surface area contributed by atoms with Gasteiger partial charge in [0.1, 0.15) is 5.75 Å². The molecule has 1 N–H and O–H groups in total. The minimum atomic E-state index is -3.97. The number of fused-ring (bicyclic) bond motifs is 1. The SMILES string of the molecule is COc1ccc2c(c1)c(SCC(=O)O)cn2S(=O)(=O)c1ccc(Cl)c(Cl)c1. The zero-order chi connectivity index (χ0) is 19.8. The maximum atomic E-state index is 13.1. The Balaban J connectivity index is 2.20. The van der Waals surface area contributed by atoms with Crippen LogP contribution < -0.4 is 4.74 Å². The number of carboxylic acid groups (broad SMARTS) is 1. The molecule has 0 radical (unpaired) electrons. The average Bonchev–Trinajstić information content (AvgIpc) is 3.00. The minimum Gasteiger partial charge on any atom is -0.497 e. The predicted octanol–water partition coefficient (Wildman–Crippen LogP) is 4.37. The number of ether oxygens (including phenoxy) is 1. The molecule has 0 spiro atoms. The van der Waals surface area contributed by atoms with Gasteiger partial charge in [-0.15, -0.1) is 11.8 Å². The molecule has 0 aliphatic carbocycles. The molecule has 0 bridgehead atoms. The Morgan fingerprint density at radius 1 is 1.19 bits per heavy atom. The van der Waals surface area contributed by atoms with E-state index >= 15 is 0 Å². The van der Waals surface area contributed by atoms with E-state index in [2.05, 4.69) is 0 Å². The van der Waals surface area contributed by atoms with Crippen LogP contribution in [0, 0.1) is 0 Å². The highest BCUT2D eigenvalue weighted by Crippen LogP contribution is 2.35. The van der Waals surface area contributed by atoms with Crippen molar-refractivity contribution in [3.8, 4) is 5.75 Å². The molecular weight excluding hydrogens is 433 g/mol. The Bertz CT molecular complexity index is 1140. The van der Waals surface area contributed by atoms with Crippen molar-refractivity contribution in [2.75, 3.05) is 12.9 Å². The summed E-state index contributed by atoms with van der Waals surface area (Å²) in [5.41, 5.74) is 0.398. The highest BCUT2D eigenvalue weighted by Gasteiger charge is 2.23. The number of aliphatic carboxylic acids is 1. The van der Waals surface area contributed by atoms with Gasteiger partial charge >= 0.3 is 5.97 Å². The summed E-state index contributed by atoms with van der Waals surface area (Å²) in [4.78, 5) is 11.4. The lowest BCUT2D eigenvalue weighted by atomic mass is 10.2. The topological polar surface area (TPSA) is 85.6 Å². The van der Waals surface area contributed by atoms with Gasteiger partial charge in [0.2, 0.25) is 0 Å². The number of aromatic nitrogens is 1. The molecule has 10 heteroatoms. The smallest absolute Gasteiger partial charge is 0.313 e. The van der Waals surface area contributed by atoms with Gasteiger partial charge in [-0.3, -0.25) is 4.79 Å². The molecule has 0 atom stereocenters. The quantitative estimate of drug-likeness (QED) is 0.566. The number of benzene rings is 2. The Kier molecular flexibility index (Phi) is 5.62. The summed E-state index contributed by atoms with van der Waals surface area (Å²) in [7, 11) is -2.48. The van der Waals surface area contributed by atoms with E-state index in [1.807, 2.05) is 0 Å². The first-order chi connectivity index (χ1) is 12.7. The summed E-state index contributed by atoms with van der Waals surface area (Å²) < 4.78 is 32.5. The van der Waals surface area contributed by atoms with Gasteiger partial charge in [-0.1, -0.05) is 23.2 Å². The van der Waals surface area contributed by atoms with Crippen molar-refractivity contribution >= 4 is 61.9 Å². The van der Waals surface area contributed by atoms with E-state index in [1.54, 1.807) is 18.2 Å². The molecule has 1 heterocycles. The van der Waals surface area contributed by atoms with Crippen molar-refractivity contribution in [2.45, 2.75) is 9.79 Å². The van der Waals surface area contributed by atoms with E-state index in [-0.39, 0.29) is 20.7 Å². The van der Waals surface area contributed by atoms with Crippen molar-refractivity contribution in [3.63, 3.8) is 0 Å². The van der Waals surface area contributed by atoms with E-state index in [1.165, 1.54) is 31.5 Å². The van der Waals surface area contributed by atoms with E-state index in [0.29, 0.717) is 21.5 Å². The maximum Gasteiger partial charge on any atom is 0.313 e. The summed E-state index contributed by atoms with van der Waals surface area (Å²) >= 11 is 12.9. The van der Waals surface area contributed by atoms with Crippen molar-refractivity contribution in [3.05, 3.63) is 52.6 Å². The molecule has 3 aromatic rings. The first-order valence-corrected chi connectivity index (χ1v) is 10.7. The Morgan fingerprint density at radius 3 is 2.56 bits per heavy atom. The summed E-state index contributed by atoms with van der Waals surface area (Å²) in [6, 6.07) is 8.95. The highest BCUT2D eigenvalue weighted by atomic mass is 35.5. The molecule has 0 amide bonds. The molecule has 0 aliphatic rings. The molecule has 142 valence electrons. The number of halogens is 2. The third-order valence-electron chi connectivity index (χ3n) is 3.74. The zero-order valence-electron chi connectivity index (χ0n) is 13.8. The fraction of sp³-hybridized carbons (Fsp3) is 0.118. The molecular formula is C17H13Cl2NO5S2. The van der Waals surface area contributed by atoms with Gasteiger partial charge in [0, 0.05) is 16.5 Å². The molecule has 0 saturated heterocycles. The zero-order valence-corrected chi connectivity index (χ0v) is 17.0. The Hall–Kier alpha value is -1.87. The van der Waals surface area contributed by atoms with Crippen molar-refractivity contribution < 1.29 is 23.1 Å². The van der Waals surface area contributed by atoms with Crippen LogP contribution in [0.4, 0.5) is 0 Å². The minimum absolute atomic E-state index is 0.0283. The molecule has 0 aliphatic heterocycles. The molecule has 1 aromatic heterocycles. The second-order valence-corrected chi connectivity index (χ2v) is 9.08. The number of hydrogen-bond acceptors (Lipinski definition) is 5. The summed E-state index contributed by atoms with van der Waals surface area (Å²) in [6.07, 6.45) is 1.40. The van der Waals surface area contributed by atoms with Gasteiger partial charge in [0.25, 0.3) is 10.0 Å². The number of nitrogens with zero attached hydrogens (tertiary/aromatic N) is 1. The molecule has 0 unspecified atom stereocenters. The summed E-state index contributed by atoms with van der Waals surface area (Å²) in [5, 5.41) is 9.89. The van der Waals surface area contributed by atoms with Crippen molar-refractivity contribution in [1.29, 1.82) is 0 Å². The van der Waals surface area contributed by atoms with Crippen LogP contribution in [0.15, 0.2) is 52.4 Å². The van der Waals surface area contributed by atoms with Crippen LogP contribution in [-0.4, -0.2) is 36.3 Å². The lowest BCUT2D eigenvalue weighted by Gasteiger charge is -2.09. The first kappa shape index (κ1) is 19.9. The van der Waals surface area contributed by atoms with E-state index in [9.17, 15) is 13.2 Å². The van der Waals surface area contributed by atoms with Gasteiger partial charge in [-0.2, -0.15) is 0 Å². The number of methoxy groups -OCH3 is 1. The fourth-order valence-electron chi connectivity index (χ4n) is 2.48. The third-order valence-corrected chi connectivity index (χ3v) is 7.18. The van der Waals surface area contributed by atoms with Crippen LogP contribution >= 0.6 is 35.0 Å². The summed E-state index contributed by atoms with van der Waals surface area (Å²) in [6.45, 7) is 0. The normalized spacial score (nSPS) is 11.7. The van der Waals surface area contributed by atoms with Gasteiger partial charge in [-0.05, 0) is 36.4 Å². The van der Waals surface area contributed by atoms with Crippen LogP contribution in [0.25, 0.3) is 10.9 Å². The lowest BCUT2D eigenvalue weighted by molar-refractivity contribution is -0.133. The number of carboxylic acids is 1. The lowest BCUT2D eigenvalue weighted by Crippen LogP contribution is -2.11. The molecule has 6 nitrogen and oxygen atoms in total. The average molecular weight is 446 g/mol. The standard InChI is InChI=1S/C17H13Cl2NO5S2/c1-25-10-2-5-15-12(6-10)16(26-9-17(21)22)8-20(15)27(23,24)11-3-4-13(18)14(19)7-11/h2-8H,9H2,1H3,(H,21,22).